The average molecular weight is 287 g/mol. The van der Waals surface area contributed by atoms with Crippen LogP contribution in [0.5, 0.6) is 0 Å². The molecule has 21 heavy (non-hydrogen) atoms. The quantitative estimate of drug-likeness (QED) is 0.929. The van der Waals surface area contributed by atoms with Gasteiger partial charge in [0.25, 0.3) is 5.91 Å². The summed E-state index contributed by atoms with van der Waals surface area (Å²) in [5.74, 6) is -1.50. The number of benzene rings is 1. The molecule has 6 nitrogen and oxygen atoms in total. The van der Waals surface area contributed by atoms with Crippen molar-refractivity contribution in [1.29, 1.82) is 0 Å². The Balaban J connectivity index is 2.42. The van der Waals surface area contributed by atoms with E-state index in [-0.39, 0.29) is 12.2 Å². The van der Waals surface area contributed by atoms with Crippen LogP contribution in [0, 0.1) is 0 Å². The fourth-order valence-corrected chi connectivity index (χ4v) is 2.11. The van der Waals surface area contributed by atoms with Crippen molar-refractivity contribution in [2.75, 3.05) is 6.54 Å². The number of amides is 1. The number of carbonyl (C=O) groups excluding carboxylic acids is 1. The third-order valence-electron chi connectivity index (χ3n) is 3.43. The largest absolute Gasteiger partial charge is 0.480 e. The zero-order valence-electron chi connectivity index (χ0n) is 12.2. The van der Waals surface area contributed by atoms with Crippen molar-refractivity contribution in [2.45, 2.75) is 26.3 Å². The molecule has 0 bridgehead atoms. The molecule has 0 spiro atoms. The molecule has 6 heteroatoms. The van der Waals surface area contributed by atoms with Gasteiger partial charge in [-0.15, -0.1) is 0 Å². The van der Waals surface area contributed by atoms with E-state index in [0.717, 1.165) is 0 Å². The van der Waals surface area contributed by atoms with E-state index >= 15 is 0 Å². The van der Waals surface area contributed by atoms with E-state index < -0.39 is 17.4 Å². The SMILES string of the molecule is CCN(C(=O)c1cnc2ccccc2n1)C(C)(C)C(=O)O. The van der Waals surface area contributed by atoms with Gasteiger partial charge in [-0.25, -0.2) is 9.78 Å². The predicted molar refractivity (Wildman–Crippen MR) is 78.0 cm³/mol. The molecule has 0 fully saturated rings. The Morgan fingerprint density at radius 3 is 2.43 bits per heavy atom. The second-order valence-electron chi connectivity index (χ2n) is 5.16. The number of aromatic nitrogens is 2. The van der Waals surface area contributed by atoms with E-state index in [2.05, 4.69) is 9.97 Å². The molecule has 2 rings (SSSR count). The van der Waals surface area contributed by atoms with Gasteiger partial charge in [0.1, 0.15) is 11.2 Å². The summed E-state index contributed by atoms with van der Waals surface area (Å²) in [5.41, 5.74) is 0.131. The average Bonchev–Trinajstić information content (AvgIpc) is 2.46. The summed E-state index contributed by atoms with van der Waals surface area (Å²) in [6.45, 7) is 4.99. The summed E-state index contributed by atoms with van der Waals surface area (Å²) in [6, 6.07) is 7.21. The molecule has 0 unspecified atom stereocenters. The van der Waals surface area contributed by atoms with Crippen molar-refractivity contribution in [3.8, 4) is 0 Å². The Kier molecular flexibility index (Phi) is 3.88. The van der Waals surface area contributed by atoms with Crippen molar-refractivity contribution in [3.05, 3.63) is 36.2 Å². The number of likely N-dealkylation sites (N-methyl/N-ethyl adjacent to an activating group) is 1. The highest BCUT2D eigenvalue weighted by Gasteiger charge is 2.37. The summed E-state index contributed by atoms with van der Waals surface area (Å²) in [7, 11) is 0. The first-order valence-electron chi connectivity index (χ1n) is 6.65. The minimum atomic E-state index is -1.31. The van der Waals surface area contributed by atoms with Gasteiger partial charge in [-0.3, -0.25) is 9.78 Å². The number of hydrogen-bond donors (Lipinski definition) is 1. The van der Waals surface area contributed by atoms with E-state index in [1.165, 1.54) is 24.9 Å². The van der Waals surface area contributed by atoms with Crippen molar-refractivity contribution in [3.63, 3.8) is 0 Å². The number of nitrogens with zero attached hydrogens (tertiary/aromatic N) is 3. The molecular weight excluding hydrogens is 270 g/mol. The number of rotatable bonds is 4. The minimum absolute atomic E-state index is 0.143. The summed E-state index contributed by atoms with van der Waals surface area (Å²) in [4.78, 5) is 33.6. The minimum Gasteiger partial charge on any atom is -0.480 e. The number of fused-ring (bicyclic) bond motifs is 1. The molecule has 0 aliphatic carbocycles. The van der Waals surface area contributed by atoms with Crippen molar-refractivity contribution >= 4 is 22.9 Å². The number of aliphatic carboxylic acids is 1. The van der Waals surface area contributed by atoms with Crippen LogP contribution >= 0.6 is 0 Å². The lowest BCUT2D eigenvalue weighted by Gasteiger charge is -2.33. The third-order valence-corrected chi connectivity index (χ3v) is 3.43. The first-order chi connectivity index (χ1) is 9.87. The number of carboxylic acid groups (broad SMARTS) is 1. The van der Waals surface area contributed by atoms with Crippen LogP contribution in [-0.4, -0.2) is 43.9 Å². The lowest BCUT2D eigenvalue weighted by Crippen LogP contribution is -2.53. The molecule has 1 heterocycles. The lowest BCUT2D eigenvalue weighted by molar-refractivity contribution is -0.147. The van der Waals surface area contributed by atoms with E-state index in [4.69, 9.17) is 0 Å². The van der Waals surface area contributed by atoms with Crippen LogP contribution in [0.2, 0.25) is 0 Å². The van der Waals surface area contributed by atoms with Crippen LogP contribution in [0.4, 0.5) is 0 Å². The standard InChI is InChI=1S/C15H17N3O3/c1-4-18(15(2,3)14(20)21)13(19)12-9-16-10-7-5-6-8-11(10)17-12/h5-9H,4H2,1-3H3,(H,20,21). The molecule has 0 radical (unpaired) electrons. The zero-order valence-corrected chi connectivity index (χ0v) is 12.2. The number of carbonyl (C=O) groups is 2. The van der Waals surface area contributed by atoms with Gasteiger partial charge in [-0.2, -0.15) is 0 Å². The van der Waals surface area contributed by atoms with Gasteiger partial charge in [-0.05, 0) is 32.9 Å². The van der Waals surface area contributed by atoms with Crippen LogP contribution in [-0.2, 0) is 4.79 Å². The molecule has 2 aromatic rings. The molecule has 110 valence electrons. The van der Waals surface area contributed by atoms with Crippen LogP contribution in [0.3, 0.4) is 0 Å². The maximum Gasteiger partial charge on any atom is 0.329 e. The molecule has 0 saturated heterocycles. The third kappa shape index (κ3) is 2.69. The fraction of sp³-hybridized carbons (Fsp3) is 0.333. The van der Waals surface area contributed by atoms with Crippen molar-refractivity contribution in [1.82, 2.24) is 14.9 Å². The van der Waals surface area contributed by atoms with Crippen molar-refractivity contribution in [2.24, 2.45) is 0 Å². The zero-order chi connectivity index (χ0) is 15.6. The number of hydrogen-bond acceptors (Lipinski definition) is 4. The van der Waals surface area contributed by atoms with Crippen molar-refractivity contribution < 1.29 is 14.7 Å². The Labute approximate surface area is 122 Å². The molecule has 0 saturated carbocycles. The van der Waals surface area contributed by atoms with Gasteiger partial charge in [0.15, 0.2) is 0 Å². The first kappa shape index (κ1) is 14.9. The Bertz CT molecular complexity index is 697. The topological polar surface area (TPSA) is 83.4 Å². The van der Waals surface area contributed by atoms with Crippen LogP contribution < -0.4 is 0 Å². The number of para-hydroxylation sites is 2. The van der Waals surface area contributed by atoms with Gasteiger partial charge in [-0.1, -0.05) is 12.1 Å². The molecule has 0 aliphatic rings. The van der Waals surface area contributed by atoms with Crippen LogP contribution in [0.25, 0.3) is 11.0 Å². The van der Waals surface area contributed by atoms with E-state index in [1.807, 2.05) is 12.1 Å². The highest BCUT2D eigenvalue weighted by molar-refractivity contribution is 5.97. The highest BCUT2D eigenvalue weighted by Crippen LogP contribution is 2.18. The summed E-state index contributed by atoms with van der Waals surface area (Å²) >= 11 is 0. The van der Waals surface area contributed by atoms with E-state index in [0.29, 0.717) is 11.0 Å². The maximum atomic E-state index is 12.5. The predicted octanol–water partition coefficient (Wildman–Crippen LogP) is 1.96. The summed E-state index contributed by atoms with van der Waals surface area (Å²) in [6.07, 6.45) is 1.38. The van der Waals surface area contributed by atoms with E-state index in [9.17, 15) is 14.7 Å². The molecule has 1 amide bonds. The Morgan fingerprint density at radius 2 is 1.86 bits per heavy atom. The number of carboxylic acids is 1. The van der Waals surface area contributed by atoms with Gasteiger partial charge < -0.3 is 10.0 Å². The van der Waals surface area contributed by atoms with Gasteiger partial charge in [0.05, 0.1) is 17.2 Å². The highest BCUT2D eigenvalue weighted by atomic mass is 16.4. The normalized spacial score (nSPS) is 11.4. The molecular formula is C15H17N3O3. The fourth-order valence-electron chi connectivity index (χ4n) is 2.11. The van der Waals surface area contributed by atoms with Crippen LogP contribution in [0.15, 0.2) is 30.5 Å². The smallest absolute Gasteiger partial charge is 0.329 e. The first-order valence-corrected chi connectivity index (χ1v) is 6.65. The van der Waals surface area contributed by atoms with Crippen LogP contribution in [0.1, 0.15) is 31.3 Å². The Hall–Kier alpha value is -2.50. The van der Waals surface area contributed by atoms with Gasteiger partial charge >= 0.3 is 5.97 Å². The monoisotopic (exact) mass is 287 g/mol. The summed E-state index contributed by atoms with van der Waals surface area (Å²) in [5, 5.41) is 9.28. The lowest BCUT2D eigenvalue weighted by atomic mass is 10.0. The summed E-state index contributed by atoms with van der Waals surface area (Å²) < 4.78 is 0. The molecule has 0 aliphatic heterocycles. The second-order valence-corrected chi connectivity index (χ2v) is 5.16. The molecule has 1 N–H and O–H groups in total. The maximum absolute atomic E-state index is 12.5. The van der Waals surface area contributed by atoms with Gasteiger partial charge in [0.2, 0.25) is 0 Å². The Morgan fingerprint density at radius 1 is 1.24 bits per heavy atom. The van der Waals surface area contributed by atoms with E-state index in [1.54, 1.807) is 19.1 Å². The molecule has 0 atom stereocenters. The van der Waals surface area contributed by atoms with Gasteiger partial charge in [0, 0.05) is 6.54 Å². The second kappa shape index (κ2) is 5.47. The molecule has 1 aromatic carbocycles. The molecule has 1 aromatic heterocycles.